The van der Waals surface area contributed by atoms with Crippen LogP contribution in [0.2, 0.25) is 0 Å². The number of halogens is 1. The van der Waals surface area contributed by atoms with Gasteiger partial charge in [-0.3, -0.25) is 0 Å². The van der Waals surface area contributed by atoms with Gasteiger partial charge in [0, 0.05) is 12.1 Å². The molecule has 0 aliphatic heterocycles. The molecule has 2 heteroatoms. The Morgan fingerprint density at radius 2 is 1.90 bits per heavy atom. The van der Waals surface area contributed by atoms with E-state index in [4.69, 9.17) is 0 Å². The molecule has 3 rings (SSSR count). The fraction of sp³-hybridized carbons (Fsp3) is 0.368. The van der Waals surface area contributed by atoms with Crippen molar-refractivity contribution >= 4 is 0 Å². The average molecular weight is 283 g/mol. The zero-order valence-electron chi connectivity index (χ0n) is 12.9. The molecule has 0 bridgehead atoms. The van der Waals surface area contributed by atoms with E-state index in [1.807, 2.05) is 6.07 Å². The third kappa shape index (κ3) is 2.73. The van der Waals surface area contributed by atoms with Crippen LogP contribution in [0.3, 0.4) is 0 Å². The highest BCUT2D eigenvalue weighted by atomic mass is 19.1. The van der Waals surface area contributed by atoms with E-state index in [2.05, 4.69) is 50.4 Å². The molecular weight excluding hydrogens is 261 g/mol. The first kappa shape index (κ1) is 14.3. The molecule has 0 heterocycles. The Balaban J connectivity index is 1.87. The van der Waals surface area contributed by atoms with Crippen molar-refractivity contribution in [2.75, 3.05) is 0 Å². The summed E-state index contributed by atoms with van der Waals surface area (Å²) in [5, 5.41) is 3.70. The van der Waals surface area contributed by atoms with Crippen molar-refractivity contribution in [2.45, 2.75) is 39.3 Å². The molecule has 110 valence electrons. The first-order valence-corrected chi connectivity index (χ1v) is 7.57. The molecular formula is C19H22FN. The van der Waals surface area contributed by atoms with E-state index >= 15 is 0 Å². The largest absolute Gasteiger partial charge is 0.303 e. The van der Waals surface area contributed by atoms with Gasteiger partial charge in [0.25, 0.3) is 0 Å². The van der Waals surface area contributed by atoms with Crippen LogP contribution in [0.1, 0.15) is 49.5 Å². The number of fused-ring (bicyclic) bond motifs is 1. The summed E-state index contributed by atoms with van der Waals surface area (Å²) in [4.78, 5) is 0. The molecule has 0 fully saturated rings. The Morgan fingerprint density at radius 3 is 2.67 bits per heavy atom. The lowest BCUT2D eigenvalue weighted by atomic mass is 9.84. The van der Waals surface area contributed by atoms with E-state index < -0.39 is 0 Å². The summed E-state index contributed by atoms with van der Waals surface area (Å²) in [6.07, 6.45) is 1.08. The second-order valence-corrected chi connectivity index (χ2v) is 6.74. The van der Waals surface area contributed by atoms with Crippen LogP contribution in [0.15, 0.2) is 48.5 Å². The van der Waals surface area contributed by atoms with Crippen molar-refractivity contribution in [3.8, 4) is 0 Å². The van der Waals surface area contributed by atoms with Crippen molar-refractivity contribution in [2.24, 2.45) is 5.41 Å². The van der Waals surface area contributed by atoms with Crippen molar-refractivity contribution in [3.05, 3.63) is 71.0 Å². The second-order valence-electron chi connectivity index (χ2n) is 6.74. The Labute approximate surface area is 126 Å². The Morgan fingerprint density at radius 1 is 1.14 bits per heavy atom. The summed E-state index contributed by atoms with van der Waals surface area (Å²) in [5.41, 5.74) is 3.97. The molecule has 2 aromatic rings. The quantitative estimate of drug-likeness (QED) is 0.853. The van der Waals surface area contributed by atoms with Crippen molar-refractivity contribution < 1.29 is 4.39 Å². The van der Waals surface area contributed by atoms with Crippen molar-refractivity contribution in [3.63, 3.8) is 0 Å². The Kier molecular flexibility index (Phi) is 3.58. The first-order chi connectivity index (χ1) is 9.97. The van der Waals surface area contributed by atoms with Gasteiger partial charge in [0.05, 0.1) is 0 Å². The first-order valence-electron chi connectivity index (χ1n) is 7.57. The van der Waals surface area contributed by atoms with Crippen LogP contribution in [0, 0.1) is 11.2 Å². The molecule has 21 heavy (non-hydrogen) atoms. The van der Waals surface area contributed by atoms with E-state index in [9.17, 15) is 4.39 Å². The van der Waals surface area contributed by atoms with Crippen LogP contribution in [0.25, 0.3) is 0 Å². The lowest BCUT2D eigenvalue weighted by Crippen LogP contribution is -2.33. The van der Waals surface area contributed by atoms with E-state index in [1.165, 1.54) is 17.2 Å². The van der Waals surface area contributed by atoms with E-state index in [0.29, 0.717) is 6.04 Å². The Bertz CT molecular complexity index is 648. The number of benzene rings is 2. The minimum absolute atomic E-state index is 0.121. The maximum absolute atomic E-state index is 13.4. The highest BCUT2D eigenvalue weighted by Crippen LogP contribution is 2.45. The molecule has 0 radical (unpaired) electrons. The molecule has 0 saturated carbocycles. The number of hydrogen-bond donors (Lipinski definition) is 1. The number of hydrogen-bond acceptors (Lipinski definition) is 1. The van der Waals surface area contributed by atoms with Crippen LogP contribution >= 0.6 is 0 Å². The van der Waals surface area contributed by atoms with Gasteiger partial charge in [0.2, 0.25) is 0 Å². The molecule has 0 aromatic heterocycles. The normalized spacial score (nSPS) is 21.0. The van der Waals surface area contributed by atoms with E-state index in [-0.39, 0.29) is 17.3 Å². The van der Waals surface area contributed by atoms with Gasteiger partial charge in [-0.2, -0.15) is 0 Å². The summed E-state index contributed by atoms with van der Waals surface area (Å²) in [6.45, 7) is 6.69. The van der Waals surface area contributed by atoms with Crippen molar-refractivity contribution in [1.82, 2.24) is 5.32 Å². The summed E-state index contributed by atoms with van der Waals surface area (Å²) in [7, 11) is 0. The van der Waals surface area contributed by atoms with E-state index in [0.717, 1.165) is 12.0 Å². The molecule has 1 nitrogen and oxygen atoms in total. The topological polar surface area (TPSA) is 12.0 Å². The van der Waals surface area contributed by atoms with Crippen molar-refractivity contribution in [1.29, 1.82) is 0 Å². The van der Waals surface area contributed by atoms with E-state index in [1.54, 1.807) is 12.1 Å². The smallest absolute Gasteiger partial charge is 0.123 e. The summed E-state index contributed by atoms with van der Waals surface area (Å²) in [5.74, 6) is -0.174. The maximum atomic E-state index is 13.4. The molecule has 0 saturated heterocycles. The predicted molar refractivity (Wildman–Crippen MR) is 84.6 cm³/mol. The van der Waals surface area contributed by atoms with Gasteiger partial charge in [-0.25, -0.2) is 4.39 Å². The third-order valence-corrected chi connectivity index (χ3v) is 4.56. The fourth-order valence-electron chi connectivity index (χ4n) is 3.43. The average Bonchev–Trinajstić information content (AvgIpc) is 2.69. The van der Waals surface area contributed by atoms with Gasteiger partial charge in [0.1, 0.15) is 5.82 Å². The molecule has 2 atom stereocenters. The van der Waals surface area contributed by atoms with Gasteiger partial charge in [-0.15, -0.1) is 0 Å². The molecule has 0 spiro atoms. The minimum Gasteiger partial charge on any atom is -0.303 e. The monoisotopic (exact) mass is 283 g/mol. The second kappa shape index (κ2) is 5.27. The minimum atomic E-state index is -0.174. The maximum Gasteiger partial charge on any atom is 0.123 e. The summed E-state index contributed by atoms with van der Waals surface area (Å²) < 4.78 is 13.4. The molecule has 2 aromatic carbocycles. The predicted octanol–water partition coefficient (Wildman–Crippen LogP) is 4.80. The highest BCUT2D eigenvalue weighted by Gasteiger charge is 2.39. The highest BCUT2D eigenvalue weighted by molar-refractivity contribution is 5.38. The summed E-state index contributed by atoms with van der Waals surface area (Å²) >= 11 is 0. The number of rotatable bonds is 3. The number of nitrogens with one attached hydrogen (secondary N) is 1. The lowest BCUT2D eigenvalue weighted by molar-refractivity contribution is 0.252. The van der Waals surface area contributed by atoms with Gasteiger partial charge in [0.15, 0.2) is 0 Å². The van der Waals surface area contributed by atoms with Gasteiger partial charge < -0.3 is 5.32 Å². The zero-order chi connectivity index (χ0) is 15.0. The molecule has 0 amide bonds. The lowest BCUT2D eigenvalue weighted by Gasteiger charge is -2.31. The van der Waals surface area contributed by atoms with Crippen LogP contribution < -0.4 is 5.32 Å². The third-order valence-electron chi connectivity index (χ3n) is 4.56. The van der Waals surface area contributed by atoms with Gasteiger partial charge >= 0.3 is 0 Å². The standard InChI is InChI=1S/C19H22FN/c1-13(14-8-6-9-16(20)11-14)21-18-17-10-5-4-7-15(17)12-19(18,2)3/h4-11,13,18,21H,12H2,1-3H3/t13-,18?/m0/s1. The summed E-state index contributed by atoms with van der Waals surface area (Å²) in [6, 6.07) is 15.9. The molecule has 1 aliphatic rings. The fourth-order valence-corrected chi connectivity index (χ4v) is 3.43. The molecule has 1 aliphatic carbocycles. The van der Waals surface area contributed by atoms with Crippen LogP contribution in [-0.4, -0.2) is 0 Å². The van der Waals surface area contributed by atoms with Gasteiger partial charge in [-0.1, -0.05) is 50.2 Å². The Hall–Kier alpha value is -1.67. The van der Waals surface area contributed by atoms with Crippen LogP contribution in [0.5, 0.6) is 0 Å². The SMILES string of the molecule is C[C@H](NC1c2ccccc2CC1(C)C)c1cccc(F)c1. The van der Waals surface area contributed by atoms with Crippen LogP contribution in [0.4, 0.5) is 4.39 Å². The van der Waals surface area contributed by atoms with Gasteiger partial charge in [-0.05, 0) is 47.6 Å². The van der Waals surface area contributed by atoms with Crippen LogP contribution in [-0.2, 0) is 6.42 Å². The zero-order valence-corrected chi connectivity index (χ0v) is 12.9. The molecule has 1 N–H and O–H groups in total. The molecule has 1 unspecified atom stereocenters.